The van der Waals surface area contributed by atoms with Gasteiger partial charge in [0.15, 0.2) is 6.10 Å². The van der Waals surface area contributed by atoms with Crippen LogP contribution < -0.4 is 5.43 Å². The van der Waals surface area contributed by atoms with Gasteiger partial charge in [0.2, 0.25) is 0 Å². The maximum absolute atomic E-state index is 12.1. The first-order chi connectivity index (χ1) is 13.7. The molecule has 0 aromatic heterocycles. The first-order valence-electron chi connectivity index (χ1n) is 9.33. The van der Waals surface area contributed by atoms with Crippen LogP contribution in [0.1, 0.15) is 26.3 Å². The molecule has 0 unspecified atom stereocenters. The van der Waals surface area contributed by atoms with E-state index in [1.54, 1.807) is 20.8 Å². The highest BCUT2D eigenvalue weighted by atomic mass is 16.6. The number of rotatable bonds is 7. The number of ether oxygens (including phenoxy) is 2. The molecule has 2 aromatic rings. The summed E-state index contributed by atoms with van der Waals surface area (Å²) in [7, 11) is 1.19. The van der Waals surface area contributed by atoms with Gasteiger partial charge in [0.1, 0.15) is 5.60 Å². The van der Waals surface area contributed by atoms with Gasteiger partial charge in [-0.05, 0) is 37.5 Å². The zero-order valence-corrected chi connectivity index (χ0v) is 17.2. The Morgan fingerprint density at radius 1 is 1.03 bits per heavy atom. The van der Waals surface area contributed by atoms with E-state index in [-0.39, 0.29) is 13.1 Å². The van der Waals surface area contributed by atoms with Crippen LogP contribution in [0.5, 0.6) is 0 Å². The number of esters is 1. The Balaban J connectivity index is 2.11. The Bertz CT molecular complexity index is 800. The van der Waals surface area contributed by atoms with Gasteiger partial charge in [-0.1, -0.05) is 54.6 Å². The van der Waals surface area contributed by atoms with Crippen molar-refractivity contribution in [2.45, 2.75) is 39.0 Å². The van der Waals surface area contributed by atoms with Crippen molar-refractivity contribution in [1.29, 1.82) is 0 Å². The zero-order chi connectivity index (χ0) is 21.4. The molecule has 156 valence electrons. The molecule has 0 aliphatic heterocycles. The van der Waals surface area contributed by atoms with Crippen LogP contribution in [0.2, 0.25) is 0 Å². The van der Waals surface area contributed by atoms with E-state index in [4.69, 9.17) is 4.74 Å². The molecule has 0 heterocycles. The van der Waals surface area contributed by atoms with E-state index in [1.807, 2.05) is 54.6 Å². The molecule has 0 radical (unpaired) electrons. The second-order valence-corrected chi connectivity index (χ2v) is 7.60. The van der Waals surface area contributed by atoms with Gasteiger partial charge in [-0.15, -0.1) is 0 Å². The lowest BCUT2D eigenvalue weighted by Gasteiger charge is -2.27. The molecule has 2 rings (SSSR count). The van der Waals surface area contributed by atoms with E-state index in [2.05, 4.69) is 10.2 Å². The van der Waals surface area contributed by atoms with Crippen LogP contribution in [0.3, 0.4) is 0 Å². The van der Waals surface area contributed by atoms with E-state index < -0.39 is 23.8 Å². The smallest absolute Gasteiger partial charge is 0.422 e. The lowest BCUT2D eigenvalue weighted by atomic mass is 10.0. The molecule has 0 fully saturated rings. The lowest BCUT2D eigenvalue weighted by molar-refractivity contribution is -0.152. The molecule has 1 atom stereocenters. The summed E-state index contributed by atoms with van der Waals surface area (Å²) >= 11 is 0. The molecule has 7 heteroatoms. The van der Waals surface area contributed by atoms with Crippen molar-refractivity contribution in [2.75, 3.05) is 13.7 Å². The minimum atomic E-state index is -1.40. The fourth-order valence-electron chi connectivity index (χ4n) is 2.65. The topological polar surface area (TPSA) is 88.1 Å². The van der Waals surface area contributed by atoms with Crippen molar-refractivity contribution in [1.82, 2.24) is 10.4 Å². The molecule has 7 nitrogen and oxygen atoms in total. The van der Waals surface area contributed by atoms with Crippen LogP contribution in [-0.2, 0) is 20.8 Å². The summed E-state index contributed by atoms with van der Waals surface area (Å²) in [4.78, 5) is 23.7. The number of aliphatic hydroxyl groups excluding tert-OH is 1. The third-order valence-electron chi connectivity index (χ3n) is 3.95. The number of hydrogen-bond donors (Lipinski definition) is 2. The van der Waals surface area contributed by atoms with Crippen molar-refractivity contribution >= 4 is 12.1 Å². The lowest BCUT2D eigenvalue weighted by Crippen LogP contribution is -2.48. The third kappa shape index (κ3) is 7.56. The van der Waals surface area contributed by atoms with Crippen molar-refractivity contribution in [3.63, 3.8) is 0 Å². The maximum Gasteiger partial charge on any atom is 0.422 e. The largest absolute Gasteiger partial charge is 0.467 e. The van der Waals surface area contributed by atoms with Crippen LogP contribution in [0.15, 0.2) is 54.6 Å². The standard InChI is InChI=1S/C22H28N2O5/c1-22(2,3)29-21(27)23-24(15-19(25)20(26)28-4)14-16-10-12-18(13-11-16)17-8-6-5-7-9-17/h5-13,19,25H,14-15H2,1-4H3,(H,23,27)/t19-/m0/s1. The predicted octanol–water partition coefficient (Wildman–Crippen LogP) is 3.13. The second-order valence-electron chi connectivity index (χ2n) is 7.60. The Morgan fingerprint density at radius 2 is 1.62 bits per heavy atom. The summed E-state index contributed by atoms with van der Waals surface area (Å²) < 4.78 is 9.82. The van der Waals surface area contributed by atoms with E-state index in [0.717, 1.165) is 16.7 Å². The van der Waals surface area contributed by atoms with Crippen molar-refractivity contribution in [2.24, 2.45) is 0 Å². The van der Waals surface area contributed by atoms with Crippen LogP contribution in [0, 0.1) is 0 Å². The SMILES string of the molecule is COC(=O)[C@@H](O)CN(Cc1ccc(-c2ccccc2)cc1)NC(=O)OC(C)(C)C. The Hall–Kier alpha value is -2.90. The van der Waals surface area contributed by atoms with E-state index in [9.17, 15) is 14.7 Å². The van der Waals surface area contributed by atoms with Crippen molar-refractivity contribution in [3.8, 4) is 11.1 Å². The van der Waals surface area contributed by atoms with Gasteiger partial charge in [-0.25, -0.2) is 14.6 Å². The van der Waals surface area contributed by atoms with Crippen molar-refractivity contribution in [3.05, 3.63) is 60.2 Å². The van der Waals surface area contributed by atoms with Crippen molar-refractivity contribution < 1.29 is 24.2 Å². The fraction of sp³-hybridized carbons (Fsp3) is 0.364. The Kier molecular flexibility index (Phi) is 7.75. The first-order valence-corrected chi connectivity index (χ1v) is 9.33. The summed E-state index contributed by atoms with van der Waals surface area (Å²) in [5.41, 5.74) is 4.96. The fourth-order valence-corrected chi connectivity index (χ4v) is 2.65. The minimum absolute atomic E-state index is 0.146. The highest BCUT2D eigenvalue weighted by Gasteiger charge is 2.23. The van der Waals surface area contributed by atoms with Crippen LogP contribution >= 0.6 is 0 Å². The number of carbonyl (C=O) groups is 2. The highest BCUT2D eigenvalue weighted by Crippen LogP contribution is 2.19. The second kappa shape index (κ2) is 10.0. The normalized spacial score (nSPS) is 12.3. The highest BCUT2D eigenvalue weighted by molar-refractivity contribution is 5.74. The number of hydrogen-bond acceptors (Lipinski definition) is 6. The maximum atomic E-state index is 12.1. The van der Waals surface area contributed by atoms with Gasteiger partial charge in [0.05, 0.1) is 13.7 Å². The molecule has 0 aliphatic rings. The monoisotopic (exact) mass is 400 g/mol. The molecule has 2 N–H and O–H groups in total. The summed E-state index contributed by atoms with van der Waals surface area (Å²) in [6.45, 7) is 5.38. The van der Waals surface area contributed by atoms with Gasteiger partial charge < -0.3 is 14.6 Å². The summed E-state index contributed by atoms with van der Waals surface area (Å²) in [5, 5.41) is 11.4. The number of carbonyl (C=O) groups excluding carboxylic acids is 2. The van der Waals surface area contributed by atoms with E-state index in [1.165, 1.54) is 12.1 Å². The van der Waals surface area contributed by atoms with Crippen LogP contribution in [0.4, 0.5) is 4.79 Å². The molecule has 29 heavy (non-hydrogen) atoms. The average Bonchev–Trinajstić information content (AvgIpc) is 2.67. The molecular formula is C22H28N2O5. The minimum Gasteiger partial charge on any atom is -0.467 e. The number of hydrazine groups is 1. The van der Waals surface area contributed by atoms with E-state index >= 15 is 0 Å². The van der Waals surface area contributed by atoms with Gasteiger partial charge in [0.25, 0.3) is 0 Å². The quantitative estimate of drug-likeness (QED) is 0.548. The van der Waals surface area contributed by atoms with Crippen LogP contribution in [0.25, 0.3) is 11.1 Å². The van der Waals surface area contributed by atoms with Crippen LogP contribution in [-0.4, -0.2) is 47.5 Å². The molecule has 2 aromatic carbocycles. The number of benzene rings is 2. The van der Waals surface area contributed by atoms with Gasteiger partial charge in [-0.3, -0.25) is 5.43 Å². The van der Waals surface area contributed by atoms with E-state index in [0.29, 0.717) is 0 Å². The van der Waals surface area contributed by atoms with Gasteiger partial charge in [0, 0.05) is 6.54 Å². The predicted molar refractivity (Wildman–Crippen MR) is 110 cm³/mol. The summed E-state index contributed by atoms with van der Waals surface area (Å²) in [6, 6.07) is 17.8. The number of aliphatic hydroxyl groups is 1. The first kappa shape index (κ1) is 22.4. The van der Waals surface area contributed by atoms with Gasteiger partial charge in [-0.2, -0.15) is 0 Å². The van der Waals surface area contributed by atoms with Gasteiger partial charge >= 0.3 is 12.1 Å². The summed E-state index contributed by atoms with van der Waals surface area (Å²) in [5.74, 6) is -0.777. The molecular weight excluding hydrogens is 372 g/mol. The molecule has 1 amide bonds. The average molecular weight is 400 g/mol. The molecule has 0 aliphatic carbocycles. The summed E-state index contributed by atoms with van der Waals surface area (Å²) in [6.07, 6.45) is -2.07. The Labute approximate surface area is 171 Å². The molecule has 0 bridgehead atoms. The molecule has 0 saturated heterocycles. The zero-order valence-electron chi connectivity index (χ0n) is 17.2. The Morgan fingerprint density at radius 3 is 2.17 bits per heavy atom. The number of nitrogens with zero attached hydrogens (tertiary/aromatic N) is 1. The number of amides is 1. The number of methoxy groups -OCH3 is 1. The number of nitrogens with one attached hydrogen (secondary N) is 1. The third-order valence-corrected chi connectivity index (χ3v) is 3.95. The molecule has 0 spiro atoms. The molecule has 0 saturated carbocycles.